The molecule has 0 spiro atoms. The topological polar surface area (TPSA) is 79.7 Å². The molecule has 2 heterocycles. The Kier molecular flexibility index (Phi) is 5.78. The molecule has 2 aromatic rings. The molecule has 0 radical (unpaired) electrons. The van der Waals surface area contributed by atoms with Crippen molar-refractivity contribution < 1.29 is 19.4 Å². The highest BCUT2D eigenvalue weighted by Crippen LogP contribution is 2.40. The number of benzene rings is 1. The van der Waals surface area contributed by atoms with Crippen LogP contribution in [0.4, 0.5) is 0 Å². The molecule has 1 aromatic carbocycles. The van der Waals surface area contributed by atoms with Crippen LogP contribution in [-0.4, -0.2) is 46.9 Å². The average Bonchev–Trinajstić information content (AvgIpc) is 3.10. The summed E-state index contributed by atoms with van der Waals surface area (Å²) < 4.78 is 5.98. The Morgan fingerprint density at radius 1 is 1.33 bits per heavy atom. The lowest BCUT2D eigenvalue weighted by Crippen LogP contribution is -2.34. The third kappa shape index (κ3) is 3.69. The number of aliphatic hydroxyl groups excluding tert-OH is 1. The molecular weight excluding hydrogens is 432 g/mol. The van der Waals surface area contributed by atoms with Crippen LogP contribution in [-0.2, 0) is 9.53 Å². The van der Waals surface area contributed by atoms with Gasteiger partial charge in [0.2, 0.25) is 5.78 Å². The van der Waals surface area contributed by atoms with E-state index >= 15 is 0 Å². The van der Waals surface area contributed by atoms with Crippen LogP contribution in [0, 0.1) is 13.8 Å². The highest BCUT2D eigenvalue weighted by atomic mass is 79.9. The van der Waals surface area contributed by atoms with Crippen molar-refractivity contribution in [2.75, 3.05) is 20.3 Å². The van der Waals surface area contributed by atoms with Crippen LogP contribution in [0.3, 0.4) is 0 Å². The Morgan fingerprint density at radius 3 is 2.56 bits per heavy atom. The quantitative estimate of drug-likeness (QED) is 0.677. The molecule has 1 unspecified atom stereocenters. The number of carbonyl (C=O) groups excluding carboxylic acids is 2. The van der Waals surface area contributed by atoms with Gasteiger partial charge < -0.3 is 14.7 Å². The lowest BCUT2D eigenvalue weighted by Gasteiger charge is -2.26. The molecule has 1 aliphatic rings. The maximum atomic E-state index is 13.2. The van der Waals surface area contributed by atoms with Crippen molar-refractivity contribution in [1.82, 2.24) is 9.88 Å². The minimum atomic E-state index is -0.671. The summed E-state index contributed by atoms with van der Waals surface area (Å²) in [6.45, 7) is 4.13. The molecule has 142 valence electrons. The van der Waals surface area contributed by atoms with Gasteiger partial charge in [-0.25, -0.2) is 4.98 Å². The molecule has 6 nitrogen and oxygen atoms in total. The Morgan fingerprint density at radius 2 is 2.00 bits per heavy atom. The largest absolute Gasteiger partial charge is 0.503 e. The fourth-order valence-corrected chi connectivity index (χ4v) is 4.30. The van der Waals surface area contributed by atoms with E-state index in [0.29, 0.717) is 17.2 Å². The molecular formula is C19H19BrN2O4S. The Balaban J connectivity index is 2.10. The molecule has 1 amide bonds. The van der Waals surface area contributed by atoms with Gasteiger partial charge in [0.1, 0.15) is 0 Å². The number of aromatic nitrogens is 1. The molecule has 0 aliphatic carbocycles. The number of hydrogen-bond acceptors (Lipinski definition) is 6. The lowest BCUT2D eigenvalue weighted by atomic mass is 9.95. The summed E-state index contributed by atoms with van der Waals surface area (Å²) in [5.74, 6) is -1.44. The number of nitrogens with zero attached hydrogens (tertiary/aromatic N) is 2. The van der Waals surface area contributed by atoms with E-state index in [9.17, 15) is 14.7 Å². The van der Waals surface area contributed by atoms with Crippen molar-refractivity contribution >= 4 is 39.0 Å². The average molecular weight is 451 g/mol. The number of aryl methyl sites for hydroxylation is 2. The molecule has 0 fully saturated rings. The zero-order chi connectivity index (χ0) is 19.7. The van der Waals surface area contributed by atoms with Crippen LogP contribution in [0.5, 0.6) is 0 Å². The summed E-state index contributed by atoms with van der Waals surface area (Å²) in [4.78, 5) is 32.1. The molecule has 0 saturated carbocycles. The van der Waals surface area contributed by atoms with Crippen LogP contribution < -0.4 is 0 Å². The van der Waals surface area contributed by atoms with E-state index in [-0.39, 0.29) is 17.9 Å². The molecule has 1 aliphatic heterocycles. The van der Waals surface area contributed by atoms with Gasteiger partial charge in [-0.1, -0.05) is 28.1 Å². The Hall–Kier alpha value is -2.03. The SMILES string of the molecule is COCCN1C(=O)C(O)=C(C(=O)c2sc(C)nc2C)C1c1ccc(Br)cc1. The lowest BCUT2D eigenvalue weighted by molar-refractivity contribution is -0.130. The van der Waals surface area contributed by atoms with Crippen LogP contribution in [0.2, 0.25) is 0 Å². The van der Waals surface area contributed by atoms with Crippen molar-refractivity contribution in [3.63, 3.8) is 0 Å². The summed E-state index contributed by atoms with van der Waals surface area (Å²) in [6.07, 6.45) is 0. The van der Waals surface area contributed by atoms with Crippen LogP contribution >= 0.6 is 27.3 Å². The number of ether oxygens (including phenoxy) is 1. The molecule has 1 aromatic heterocycles. The summed E-state index contributed by atoms with van der Waals surface area (Å²) in [5.41, 5.74) is 1.43. The first-order valence-electron chi connectivity index (χ1n) is 8.32. The summed E-state index contributed by atoms with van der Waals surface area (Å²) in [7, 11) is 1.54. The summed E-state index contributed by atoms with van der Waals surface area (Å²) in [5, 5.41) is 11.3. The van der Waals surface area contributed by atoms with Crippen LogP contribution in [0.25, 0.3) is 0 Å². The van der Waals surface area contributed by atoms with Crippen molar-refractivity contribution in [1.29, 1.82) is 0 Å². The number of ketones is 1. The number of aliphatic hydroxyl groups is 1. The summed E-state index contributed by atoms with van der Waals surface area (Å²) >= 11 is 4.66. The molecule has 0 saturated heterocycles. The van der Waals surface area contributed by atoms with E-state index in [0.717, 1.165) is 15.0 Å². The second-order valence-electron chi connectivity index (χ2n) is 6.18. The van der Waals surface area contributed by atoms with E-state index in [2.05, 4.69) is 20.9 Å². The minimum absolute atomic E-state index is 0.0881. The van der Waals surface area contributed by atoms with Gasteiger partial charge in [-0.05, 0) is 31.5 Å². The van der Waals surface area contributed by atoms with E-state index in [1.165, 1.54) is 23.3 Å². The van der Waals surface area contributed by atoms with Gasteiger partial charge in [-0.15, -0.1) is 11.3 Å². The first kappa shape index (κ1) is 19.7. The number of methoxy groups -OCH3 is 1. The Labute approximate surface area is 169 Å². The van der Waals surface area contributed by atoms with Gasteiger partial charge in [0.25, 0.3) is 5.91 Å². The monoisotopic (exact) mass is 450 g/mol. The van der Waals surface area contributed by atoms with Gasteiger partial charge in [0, 0.05) is 18.1 Å². The van der Waals surface area contributed by atoms with E-state index < -0.39 is 17.7 Å². The zero-order valence-corrected chi connectivity index (χ0v) is 17.6. The second-order valence-corrected chi connectivity index (χ2v) is 8.30. The zero-order valence-electron chi connectivity index (χ0n) is 15.2. The number of thiazole rings is 1. The van der Waals surface area contributed by atoms with E-state index in [1.54, 1.807) is 6.92 Å². The first-order valence-corrected chi connectivity index (χ1v) is 9.93. The molecule has 27 heavy (non-hydrogen) atoms. The minimum Gasteiger partial charge on any atom is -0.503 e. The van der Waals surface area contributed by atoms with Crippen molar-refractivity contribution in [3.8, 4) is 0 Å². The molecule has 8 heteroatoms. The highest BCUT2D eigenvalue weighted by Gasteiger charge is 2.44. The number of Topliss-reactive ketones (excluding diaryl/α,β-unsaturated/α-hetero) is 1. The number of amides is 1. The smallest absolute Gasteiger partial charge is 0.290 e. The van der Waals surface area contributed by atoms with Gasteiger partial charge in [-0.2, -0.15) is 0 Å². The van der Waals surface area contributed by atoms with Gasteiger partial charge in [0.05, 0.1) is 33.8 Å². The van der Waals surface area contributed by atoms with Gasteiger partial charge >= 0.3 is 0 Å². The van der Waals surface area contributed by atoms with Crippen molar-refractivity contribution in [3.05, 3.63) is 61.2 Å². The predicted molar refractivity (Wildman–Crippen MR) is 106 cm³/mol. The molecule has 0 bridgehead atoms. The molecule has 1 atom stereocenters. The van der Waals surface area contributed by atoms with Gasteiger partial charge in [-0.3, -0.25) is 9.59 Å². The van der Waals surface area contributed by atoms with E-state index in [1.807, 2.05) is 31.2 Å². The third-order valence-corrected chi connectivity index (χ3v) is 5.98. The first-order chi connectivity index (χ1) is 12.8. The number of hydrogen-bond donors (Lipinski definition) is 1. The molecule has 1 N–H and O–H groups in total. The fraction of sp³-hybridized carbons (Fsp3) is 0.316. The standard InChI is InChI=1S/C19H19BrN2O4S/c1-10-18(27-11(2)21-10)16(23)14-15(12-4-6-13(20)7-5-12)22(8-9-26-3)19(25)17(14)24/h4-7,15,24H,8-9H2,1-3H3. The van der Waals surface area contributed by atoms with Crippen LogP contribution in [0.1, 0.15) is 32.0 Å². The van der Waals surface area contributed by atoms with Crippen molar-refractivity contribution in [2.24, 2.45) is 0 Å². The Bertz CT molecular complexity index is 920. The van der Waals surface area contributed by atoms with Crippen molar-refractivity contribution in [2.45, 2.75) is 19.9 Å². The number of halogens is 1. The van der Waals surface area contributed by atoms with E-state index in [4.69, 9.17) is 4.74 Å². The van der Waals surface area contributed by atoms with Gasteiger partial charge in [0.15, 0.2) is 5.76 Å². The normalized spacial score (nSPS) is 17.1. The second kappa shape index (κ2) is 7.92. The highest BCUT2D eigenvalue weighted by molar-refractivity contribution is 9.10. The molecule has 3 rings (SSSR count). The predicted octanol–water partition coefficient (Wildman–Crippen LogP) is 3.75. The fourth-order valence-electron chi connectivity index (χ4n) is 3.16. The number of carbonyl (C=O) groups is 2. The third-order valence-electron chi connectivity index (χ3n) is 4.38. The number of rotatable bonds is 6. The van der Waals surface area contributed by atoms with Crippen LogP contribution in [0.15, 0.2) is 40.1 Å². The maximum absolute atomic E-state index is 13.2. The maximum Gasteiger partial charge on any atom is 0.290 e. The summed E-state index contributed by atoms with van der Waals surface area (Å²) in [6, 6.07) is 6.67.